The molecule has 0 N–H and O–H groups in total. The molecule has 31 heavy (non-hydrogen) atoms. The SMILES string of the molecule is CN(C)c1ccc(/C=C(\C#N)c2nc(CSc3nnnn3-c3ccccc3)cs2)cc1. The predicted molar refractivity (Wildman–Crippen MR) is 125 cm³/mol. The zero-order valence-electron chi connectivity index (χ0n) is 17.0. The molecule has 9 heteroatoms. The highest BCUT2D eigenvalue weighted by Crippen LogP contribution is 2.27. The average Bonchev–Trinajstić information content (AvgIpc) is 3.46. The molecule has 0 saturated carbocycles. The van der Waals surface area contributed by atoms with Gasteiger partial charge in [-0.05, 0) is 46.3 Å². The minimum Gasteiger partial charge on any atom is -0.378 e. The summed E-state index contributed by atoms with van der Waals surface area (Å²) >= 11 is 2.97. The molecular weight excluding hydrogens is 426 g/mol. The van der Waals surface area contributed by atoms with E-state index in [1.807, 2.05) is 85.0 Å². The Labute approximate surface area is 188 Å². The van der Waals surface area contributed by atoms with Crippen LogP contribution in [0.5, 0.6) is 0 Å². The van der Waals surface area contributed by atoms with Crippen molar-refractivity contribution in [3.05, 3.63) is 76.2 Å². The summed E-state index contributed by atoms with van der Waals surface area (Å²) in [6, 6.07) is 20.1. The molecule has 0 amide bonds. The second-order valence-corrected chi connectivity index (χ2v) is 8.60. The van der Waals surface area contributed by atoms with E-state index in [0.717, 1.165) is 22.6 Å². The maximum absolute atomic E-state index is 9.64. The van der Waals surface area contributed by atoms with Crippen molar-refractivity contribution in [2.45, 2.75) is 10.9 Å². The zero-order valence-corrected chi connectivity index (χ0v) is 18.6. The van der Waals surface area contributed by atoms with E-state index >= 15 is 0 Å². The zero-order chi connectivity index (χ0) is 21.6. The summed E-state index contributed by atoms with van der Waals surface area (Å²) in [6.45, 7) is 0. The van der Waals surface area contributed by atoms with Gasteiger partial charge in [0.1, 0.15) is 11.1 Å². The average molecular weight is 446 g/mol. The van der Waals surface area contributed by atoms with Crippen LogP contribution in [0.25, 0.3) is 17.3 Å². The largest absolute Gasteiger partial charge is 0.378 e. The van der Waals surface area contributed by atoms with Crippen molar-refractivity contribution in [3.63, 3.8) is 0 Å². The fourth-order valence-electron chi connectivity index (χ4n) is 2.81. The van der Waals surface area contributed by atoms with Crippen LogP contribution in [0.1, 0.15) is 16.3 Å². The minimum atomic E-state index is 0.549. The molecule has 0 aliphatic rings. The summed E-state index contributed by atoms with van der Waals surface area (Å²) in [7, 11) is 4.00. The first-order valence-electron chi connectivity index (χ1n) is 9.44. The monoisotopic (exact) mass is 445 g/mol. The molecule has 0 spiro atoms. The van der Waals surface area contributed by atoms with Gasteiger partial charge in [0.05, 0.1) is 17.0 Å². The number of para-hydroxylation sites is 1. The van der Waals surface area contributed by atoms with Gasteiger partial charge in [0, 0.05) is 30.9 Å². The van der Waals surface area contributed by atoms with E-state index in [-0.39, 0.29) is 0 Å². The normalized spacial score (nSPS) is 11.3. The smallest absolute Gasteiger partial charge is 0.214 e. The van der Waals surface area contributed by atoms with Crippen molar-refractivity contribution in [1.82, 2.24) is 25.2 Å². The molecular formula is C22H19N7S2. The minimum absolute atomic E-state index is 0.549. The van der Waals surface area contributed by atoms with Gasteiger partial charge in [-0.3, -0.25) is 0 Å². The third kappa shape index (κ3) is 4.99. The molecule has 154 valence electrons. The molecule has 2 aromatic carbocycles. The highest BCUT2D eigenvalue weighted by molar-refractivity contribution is 7.98. The van der Waals surface area contributed by atoms with Gasteiger partial charge in [0.2, 0.25) is 5.16 Å². The van der Waals surface area contributed by atoms with E-state index in [9.17, 15) is 5.26 Å². The molecule has 2 aromatic heterocycles. The lowest BCUT2D eigenvalue weighted by Gasteiger charge is -2.11. The third-order valence-electron chi connectivity index (χ3n) is 4.41. The Morgan fingerprint density at radius 3 is 2.65 bits per heavy atom. The number of allylic oxidation sites excluding steroid dienone is 1. The number of tetrazole rings is 1. The fourth-order valence-corrected chi connectivity index (χ4v) is 4.49. The van der Waals surface area contributed by atoms with Crippen LogP contribution in [-0.4, -0.2) is 39.3 Å². The first-order valence-corrected chi connectivity index (χ1v) is 11.3. The Balaban J connectivity index is 1.47. The Kier molecular flexibility index (Phi) is 6.40. The number of nitrogens with zero attached hydrogens (tertiary/aromatic N) is 7. The van der Waals surface area contributed by atoms with Crippen LogP contribution in [0.2, 0.25) is 0 Å². The van der Waals surface area contributed by atoms with Crippen molar-refractivity contribution in [2.75, 3.05) is 19.0 Å². The van der Waals surface area contributed by atoms with Crippen LogP contribution < -0.4 is 4.90 Å². The van der Waals surface area contributed by atoms with Gasteiger partial charge in [-0.2, -0.15) is 9.94 Å². The van der Waals surface area contributed by atoms with Gasteiger partial charge in [-0.15, -0.1) is 16.4 Å². The van der Waals surface area contributed by atoms with E-state index in [1.165, 1.54) is 23.1 Å². The molecule has 0 fully saturated rings. The summed E-state index contributed by atoms with van der Waals surface area (Å²) < 4.78 is 1.70. The van der Waals surface area contributed by atoms with Gasteiger partial charge in [-0.1, -0.05) is 42.1 Å². The van der Waals surface area contributed by atoms with Crippen LogP contribution in [0.15, 0.2) is 65.1 Å². The molecule has 7 nitrogen and oxygen atoms in total. The first-order chi connectivity index (χ1) is 15.1. The summed E-state index contributed by atoms with van der Waals surface area (Å²) in [5.74, 6) is 0.611. The summed E-state index contributed by atoms with van der Waals surface area (Å²) in [6.07, 6.45) is 1.87. The summed E-state index contributed by atoms with van der Waals surface area (Å²) in [5.41, 5.74) is 4.42. The van der Waals surface area contributed by atoms with Crippen LogP contribution in [0.3, 0.4) is 0 Å². The van der Waals surface area contributed by atoms with Crippen molar-refractivity contribution in [1.29, 1.82) is 5.26 Å². The Bertz CT molecular complexity index is 1220. The van der Waals surface area contributed by atoms with E-state index < -0.39 is 0 Å². The molecule has 0 radical (unpaired) electrons. The number of nitriles is 1. The highest BCUT2D eigenvalue weighted by atomic mass is 32.2. The lowest BCUT2D eigenvalue weighted by molar-refractivity contribution is 0.756. The molecule has 0 saturated heterocycles. The van der Waals surface area contributed by atoms with Crippen molar-refractivity contribution in [2.24, 2.45) is 0 Å². The highest BCUT2D eigenvalue weighted by Gasteiger charge is 2.12. The fraction of sp³-hybridized carbons (Fsp3) is 0.136. The van der Waals surface area contributed by atoms with E-state index in [4.69, 9.17) is 0 Å². The Hall–Kier alpha value is -3.48. The predicted octanol–water partition coefficient (Wildman–Crippen LogP) is 4.54. The van der Waals surface area contributed by atoms with Crippen LogP contribution in [-0.2, 0) is 5.75 Å². The van der Waals surface area contributed by atoms with Gasteiger partial charge >= 0.3 is 0 Å². The summed E-state index contributed by atoms with van der Waals surface area (Å²) in [4.78, 5) is 6.69. The maximum atomic E-state index is 9.64. The van der Waals surface area contributed by atoms with Crippen LogP contribution >= 0.6 is 23.1 Å². The lowest BCUT2D eigenvalue weighted by Crippen LogP contribution is -2.07. The molecule has 0 atom stereocenters. The Morgan fingerprint density at radius 2 is 1.94 bits per heavy atom. The number of aromatic nitrogens is 5. The lowest BCUT2D eigenvalue weighted by atomic mass is 10.1. The molecule has 2 heterocycles. The van der Waals surface area contributed by atoms with Gasteiger partial charge in [-0.25, -0.2) is 4.98 Å². The van der Waals surface area contributed by atoms with Crippen molar-refractivity contribution in [3.8, 4) is 11.8 Å². The van der Waals surface area contributed by atoms with Crippen LogP contribution in [0, 0.1) is 11.3 Å². The molecule has 0 aliphatic heterocycles. The maximum Gasteiger partial charge on any atom is 0.214 e. The number of benzene rings is 2. The number of hydrogen-bond donors (Lipinski definition) is 0. The van der Waals surface area contributed by atoms with E-state index in [0.29, 0.717) is 21.5 Å². The number of hydrogen-bond acceptors (Lipinski definition) is 8. The number of thiazole rings is 1. The molecule has 0 bridgehead atoms. The second kappa shape index (κ2) is 9.55. The second-order valence-electron chi connectivity index (χ2n) is 6.80. The Morgan fingerprint density at radius 1 is 1.16 bits per heavy atom. The van der Waals surface area contributed by atoms with Gasteiger partial charge < -0.3 is 4.90 Å². The van der Waals surface area contributed by atoms with E-state index in [2.05, 4.69) is 26.6 Å². The van der Waals surface area contributed by atoms with Crippen LogP contribution in [0.4, 0.5) is 5.69 Å². The van der Waals surface area contributed by atoms with Crippen molar-refractivity contribution < 1.29 is 0 Å². The number of anilines is 1. The van der Waals surface area contributed by atoms with Gasteiger partial charge in [0.15, 0.2) is 0 Å². The van der Waals surface area contributed by atoms with E-state index in [1.54, 1.807) is 4.68 Å². The third-order valence-corrected chi connectivity index (χ3v) is 6.29. The first kappa shape index (κ1) is 20.8. The number of thioether (sulfide) groups is 1. The molecule has 0 aliphatic carbocycles. The van der Waals surface area contributed by atoms with Gasteiger partial charge in [0.25, 0.3) is 0 Å². The molecule has 0 unspecified atom stereocenters. The summed E-state index contributed by atoms with van der Waals surface area (Å²) in [5, 5.41) is 25.0. The van der Waals surface area contributed by atoms with Crippen molar-refractivity contribution >= 4 is 40.4 Å². The topological polar surface area (TPSA) is 83.5 Å². The number of rotatable bonds is 7. The molecule has 4 rings (SSSR count). The molecule has 4 aromatic rings. The standard InChI is InChI=1S/C22H19N7S2/c1-28(2)19-10-8-16(9-11-19)12-17(13-23)21-24-18(14-30-21)15-31-22-25-26-27-29(22)20-6-4-3-5-7-20/h3-12,14H,15H2,1-2H3/b17-12+. The quantitative estimate of drug-likeness (QED) is 0.305.